The van der Waals surface area contributed by atoms with Crippen LogP contribution in [0.2, 0.25) is 0 Å². The predicted molar refractivity (Wildman–Crippen MR) is 125 cm³/mol. The van der Waals surface area contributed by atoms with Gasteiger partial charge in [-0.05, 0) is 44.9 Å². The number of nitrogens with zero attached hydrogens (tertiary/aromatic N) is 2. The van der Waals surface area contributed by atoms with Crippen molar-refractivity contribution in [3.63, 3.8) is 0 Å². The van der Waals surface area contributed by atoms with Crippen molar-refractivity contribution in [2.45, 2.75) is 40.2 Å². The SMILES string of the molecule is CCNC(=NCCC(=O)N(CC)CC)NCCc1ccc(OC)c(OC(F)F)c1.I. The molecule has 172 valence electrons. The number of hydrogen-bond acceptors (Lipinski definition) is 4. The minimum atomic E-state index is -2.91. The van der Waals surface area contributed by atoms with E-state index in [4.69, 9.17) is 4.74 Å². The first-order valence-electron chi connectivity index (χ1n) is 9.86. The number of nitrogens with one attached hydrogen (secondary N) is 2. The highest BCUT2D eigenvalue weighted by Gasteiger charge is 2.12. The first-order valence-corrected chi connectivity index (χ1v) is 9.86. The van der Waals surface area contributed by atoms with Crippen molar-refractivity contribution in [1.82, 2.24) is 15.5 Å². The van der Waals surface area contributed by atoms with Crippen LogP contribution in [0.5, 0.6) is 11.5 Å². The lowest BCUT2D eigenvalue weighted by atomic mass is 10.1. The molecule has 0 saturated heterocycles. The van der Waals surface area contributed by atoms with Crippen LogP contribution in [0, 0.1) is 0 Å². The molecule has 0 saturated carbocycles. The topological polar surface area (TPSA) is 75.2 Å². The van der Waals surface area contributed by atoms with Gasteiger partial charge in [-0.15, -0.1) is 24.0 Å². The van der Waals surface area contributed by atoms with E-state index in [0.717, 1.165) is 5.56 Å². The highest BCUT2D eigenvalue weighted by atomic mass is 127. The first kappa shape index (κ1) is 28.1. The molecule has 2 N–H and O–H groups in total. The number of rotatable bonds is 12. The van der Waals surface area contributed by atoms with Gasteiger partial charge < -0.3 is 25.0 Å². The average molecular weight is 542 g/mol. The maximum absolute atomic E-state index is 12.5. The molecule has 0 aliphatic rings. The van der Waals surface area contributed by atoms with Gasteiger partial charge in [0.25, 0.3) is 0 Å². The van der Waals surface area contributed by atoms with E-state index in [1.54, 1.807) is 23.1 Å². The summed E-state index contributed by atoms with van der Waals surface area (Å²) < 4.78 is 34.6. The van der Waals surface area contributed by atoms with Gasteiger partial charge in [0.05, 0.1) is 13.7 Å². The number of ether oxygens (including phenoxy) is 2. The van der Waals surface area contributed by atoms with Gasteiger partial charge in [0.2, 0.25) is 5.91 Å². The van der Waals surface area contributed by atoms with Crippen molar-refractivity contribution in [2.75, 3.05) is 39.8 Å². The van der Waals surface area contributed by atoms with E-state index in [1.807, 2.05) is 20.8 Å². The molecular formula is C20H33F2IN4O3. The Morgan fingerprint density at radius 3 is 2.43 bits per heavy atom. The van der Waals surface area contributed by atoms with Gasteiger partial charge in [-0.1, -0.05) is 6.07 Å². The summed E-state index contributed by atoms with van der Waals surface area (Å²) in [6, 6.07) is 4.94. The van der Waals surface area contributed by atoms with E-state index in [9.17, 15) is 13.6 Å². The van der Waals surface area contributed by atoms with E-state index in [2.05, 4.69) is 20.4 Å². The third-order valence-corrected chi connectivity index (χ3v) is 4.21. The summed E-state index contributed by atoms with van der Waals surface area (Å²) in [6.07, 6.45) is 0.928. The van der Waals surface area contributed by atoms with Crippen LogP contribution >= 0.6 is 24.0 Å². The maximum Gasteiger partial charge on any atom is 0.387 e. The van der Waals surface area contributed by atoms with Gasteiger partial charge in [0.15, 0.2) is 17.5 Å². The molecule has 1 aromatic carbocycles. The normalized spacial score (nSPS) is 11.0. The number of guanidine groups is 1. The Hall–Kier alpha value is -1.85. The van der Waals surface area contributed by atoms with Crippen LogP contribution in [0.25, 0.3) is 0 Å². The number of aliphatic imine (C=N–C) groups is 1. The molecular weight excluding hydrogens is 509 g/mol. The van der Waals surface area contributed by atoms with Crippen molar-refractivity contribution < 1.29 is 23.0 Å². The Balaban J connectivity index is 0.00000841. The zero-order valence-electron chi connectivity index (χ0n) is 18.0. The lowest BCUT2D eigenvalue weighted by Crippen LogP contribution is -2.38. The molecule has 0 bridgehead atoms. The Morgan fingerprint density at radius 2 is 1.87 bits per heavy atom. The van der Waals surface area contributed by atoms with Crippen LogP contribution in [-0.2, 0) is 11.2 Å². The van der Waals surface area contributed by atoms with Gasteiger partial charge in [-0.25, -0.2) is 0 Å². The Bertz CT molecular complexity index is 659. The summed E-state index contributed by atoms with van der Waals surface area (Å²) in [6.45, 7) is 5.94. The Morgan fingerprint density at radius 1 is 1.17 bits per heavy atom. The van der Waals surface area contributed by atoms with Crippen molar-refractivity contribution >= 4 is 35.8 Å². The summed E-state index contributed by atoms with van der Waals surface area (Å²) in [7, 11) is 1.40. The zero-order chi connectivity index (χ0) is 21.6. The van der Waals surface area contributed by atoms with Crippen molar-refractivity contribution in [2.24, 2.45) is 4.99 Å². The van der Waals surface area contributed by atoms with E-state index in [1.165, 1.54) is 7.11 Å². The smallest absolute Gasteiger partial charge is 0.387 e. The van der Waals surface area contributed by atoms with Crippen LogP contribution in [0.3, 0.4) is 0 Å². The maximum atomic E-state index is 12.5. The summed E-state index contributed by atoms with van der Waals surface area (Å²) in [4.78, 5) is 18.2. The van der Waals surface area contributed by atoms with E-state index < -0.39 is 6.61 Å². The number of methoxy groups -OCH3 is 1. The standard InChI is InChI=1S/C20H32F2N4O3.HI/c1-5-23-20(25-13-11-18(27)26(6-2)7-3)24-12-10-15-8-9-16(28-4)17(14-15)29-19(21)22;/h8-9,14,19H,5-7,10-13H2,1-4H3,(H2,23,24,25);1H. The summed E-state index contributed by atoms with van der Waals surface area (Å²) in [5.41, 5.74) is 0.821. The predicted octanol–water partition coefficient (Wildman–Crippen LogP) is 3.27. The molecule has 0 aliphatic heterocycles. The largest absolute Gasteiger partial charge is 0.493 e. The molecule has 0 heterocycles. The van der Waals surface area contributed by atoms with Gasteiger partial charge in [-0.3, -0.25) is 9.79 Å². The molecule has 0 aromatic heterocycles. The fraction of sp³-hybridized carbons (Fsp3) is 0.600. The number of benzene rings is 1. The molecule has 0 unspecified atom stereocenters. The Kier molecular flexibility index (Phi) is 14.9. The van der Waals surface area contributed by atoms with Crippen LogP contribution in [0.4, 0.5) is 8.78 Å². The third-order valence-electron chi connectivity index (χ3n) is 4.21. The second-order valence-electron chi connectivity index (χ2n) is 6.12. The molecule has 7 nitrogen and oxygen atoms in total. The number of carbonyl (C=O) groups is 1. The van der Waals surface area contributed by atoms with Gasteiger partial charge in [0.1, 0.15) is 0 Å². The number of alkyl halides is 2. The molecule has 30 heavy (non-hydrogen) atoms. The Labute approximate surface area is 194 Å². The summed E-state index contributed by atoms with van der Waals surface area (Å²) in [5.74, 6) is 0.960. The highest BCUT2D eigenvalue weighted by molar-refractivity contribution is 14.0. The summed E-state index contributed by atoms with van der Waals surface area (Å²) >= 11 is 0. The number of carbonyl (C=O) groups excluding carboxylic acids is 1. The van der Waals surface area contributed by atoms with Crippen molar-refractivity contribution in [3.8, 4) is 11.5 Å². The third kappa shape index (κ3) is 10.3. The quantitative estimate of drug-likeness (QED) is 0.241. The molecule has 1 rings (SSSR count). The van der Waals surface area contributed by atoms with Crippen LogP contribution in [-0.4, -0.2) is 63.2 Å². The minimum Gasteiger partial charge on any atom is -0.493 e. The van der Waals surface area contributed by atoms with E-state index in [0.29, 0.717) is 51.5 Å². The van der Waals surface area contributed by atoms with Crippen LogP contribution in [0.15, 0.2) is 23.2 Å². The lowest BCUT2D eigenvalue weighted by Gasteiger charge is -2.18. The summed E-state index contributed by atoms with van der Waals surface area (Å²) in [5, 5.41) is 6.31. The average Bonchev–Trinajstić information content (AvgIpc) is 2.68. The number of hydrogen-bond donors (Lipinski definition) is 2. The molecule has 0 radical (unpaired) electrons. The van der Waals surface area contributed by atoms with Crippen molar-refractivity contribution in [3.05, 3.63) is 23.8 Å². The minimum absolute atomic E-state index is 0. The molecule has 0 fully saturated rings. The molecule has 0 aliphatic carbocycles. The van der Waals surface area contributed by atoms with Gasteiger partial charge in [0, 0.05) is 32.6 Å². The van der Waals surface area contributed by atoms with E-state index in [-0.39, 0.29) is 41.4 Å². The fourth-order valence-electron chi connectivity index (χ4n) is 2.73. The molecule has 1 aromatic rings. The van der Waals surface area contributed by atoms with Crippen LogP contribution in [0.1, 0.15) is 32.8 Å². The second-order valence-corrected chi connectivity index (χ2v) is 6.12. The monoisotopic (exact) mass is 542 g/mol. The van der Waals surface area contributed by atoms with Gasteiger partial charge >= 0.3 is 6.61 Å². The highest BCUT2D eigenvalue weighted by Crippen LogP contribution is 2.29. The number of amides is 1. The molecule has 10 heteroatoms. The number of halogens is 3. The molecule has 0 atom stereocenters. The van der Waals surface area contributed by atoms with Gasteiger partial charge in [-0.2, -0.15) is 8.78 Å². The molecule has 1 amide bonds. The lowest BCUT2D eigenvalue weighted by molar-refractivity contribution is -0.130. The van der Waals surface area contributed by atoms with Crippen molar-refractivity contribution in [1.29, 1.82) is 0 Å². The van der Waals surface area contributed by atoms with Crippen LogP contribution < -0.4 is 20.1 Å². The fourth-order valence-corrected chi connectivity index (χ4v) is 2.73. The second kappa shape index (κ2) is 15.9. The molecule has 0 spiro atoms. The van der Waals surface area contributed by atoms with E-state index >= 15 is 0 Å². The zero-order valence-corrected chi connectivity index (χ0v) is 20.4. The first-order chi connectivity index (χ1) is 13.9.